The number of nitrogens with zero attached hydrogens (tertiary/aromatic N) is 2. The van der Waals surface area contributed by atoms with Crippen LogP contribution in [0.3, 0.4) is 0 Å². The topological polar surface area (TPSA) is 74.2 Å². The Balaban J connectivity index is 2.36. The van der Waals surface area contributed by atoms with Crippen molar-refractivity contribution in [3.8, 4) is 17.2 Å². The monoisotopic (exact) mass is 241 g/mol. The van der Waals surface area contributed by atoms with Gasteiger partial charge in [-0.3, -0.25) is 0 Å². The van der Waals surface area contributed by atoms with Crippen LogP contribution in [0.5, 0.6) is 5.75 Å². The zero-order valence-corrected chi connectivity index (χ0v) is 8.64. The van der Waals surface area contributed by atoms with Crippen molar-refractivity contribution in [3.63, 3.8) is 0 Å². The van der Waals surface area contributed by atoms with Gasteiger partial charge in [0.25, 0.3) is 5.89 Å². The Morgan fingerprint density at radius 1 is 1.35 bits per heavy atom. The molecule has 0 aliphatic carbocycles. The lowest BCUT2D eigenvalue weighted by molar-refractivity contribution is -0.0495. The zero-order valence-electron chi connectivity index (χ0n) is 8.64. The molecule has 1 aromatic heterocycles. The first-order valence-electron chi connectivity index (χ1n) is 4.77. The highest BCUT2D eigenvalue weighted by atomic mass is 19.3. The molecule has 5 nitrogen and oxygen atoms in total. The quantitative estimate of drug-likeness (QED) is 0.883. The summed E-state index contributed by atoms with van der Waals surface area (Å²) in [7, 11) is 0. The Bertz CT molecular complexity index is 502. The summed E-state index contributed by atoms with van der Waals surface area (Å²) in [5.74, 6) is 0.378. The van der Waals surface area contributed by atoms with E-state index in [1.165, 1.54) is 6.07 Å². The minimum Gasteiger partial charge on any atom is -0.434 e. The Kier molecular flexibility index (Phi) is 3.29. The van der Waals surface area contributed by atoms with Gasteiger partial charge in [-0.15, -0.1) is 0 Å². The highest BCUT2D eigenvalue weighted by molar-refractivity contribution is 5.62. The van der Waals surface area contributed by atoms with E-state index in [1.807, 2.05) is 0 Å². The summed E-state index contributed by atoms with van der Waals surface area (Å²) in [5.41, 5.74) is 5.63. The molecule has 17 heavy (non-hydrogen) atoms. The Hall–Kier alpha value is -2.02. The largest absolute Gasteiger partial charge is 0.434 e. The van der Waals surface area contributed by atoms with Crippen LogP contribution in [0, 0.1) is 0 Å². The molecule has 0 saturated heterocycles. The third-order valence-corrected chi connectivity index (χ3v) is 1.98. The maximum absolute atomic E-state index is 12.2. The molecule has 0 amide bonds. The molecule has 7 heteroatoms. The third kappa shape index (κ3) is 2.56. The molecule has 0 aliphatic rings. The molecule has 1 aromatic carbocycles. The summed E-state index contributed by atoms with van der Waals surface area (Å²) in [6, 6.07) is 6.17. The van der Waals surface area contributed by atoms with E-state index in [2.05, 4.69) is 14.9 Å². The number of benzene rings is 1. The highest BCUT2D eigenvalue weighted by Crippen LogP contribution is 2.29. The smallest absolute Gasteiger partial charge is 0.387 e. The van der Waals surface area contributed by atoms with Crippen LogP contribution < -0.4 is 10.5 Å². The van der Waals surface area contributed by atoms with E-state index in [0.717, 1.165) is 0 Å². The Morgan fingerprint density at radius 2 is 2.12 bits per heavy atom. The second kappa shape index (κ2) is 4.88. The average molecular weight is 241 g/mol. The molecule has 0 aliphatic heterocycles. The normalized spacial score (nSPS) is 10.8. The lowest BCUT2D eigenvalue weighted by Gasteiger charge is -2.06. The number of rotatable bonds is 4. The summed E-state index contributed by atoms with van der Waals surface area (Å²) < 4.78 is 33.6. The standard InChI is InChI=1S/C10H9F2N3O2/c11-10(12)16-7-4-2-1-3-6(7)9-14-8(5-13)15-17-9/h1-4,10H,5,13H2. The molecule has 0 spiro atoms. The summed E-state index contributed by atoms with van der Waals surface area (Å²) in [6.07, 6.45) is 0. The van der Waals surface area contributed by atoms with Crippen molar-refractivity contribution in [2.45, 2.75) is 13.2 Å². The lowest BCUT2D eigenvalue weighted by Crippen LogP contribution is -2.03. The fourth-order valence-electron chi connectivity index (χ4n) is 1.29. The molecule has 2 N–H and O–H groups in total. The highest BCUT2D eigenvalue weighted by Gasteiger charge is 2.15. The van der Waals surface area contributed by atoms with Crippen LogP contribution in [0.15, 0.2) is 28.8 Å². The Labute approximate surface area is 95.2 Å². The van der Waals surface area contributed by atoms with Gasteiger partial charge in [0, 0.05) is 0 Å². The minimum absolute atomic E-state index is 0.0188. The van der Waals surface area contributed by atoms with E-state index < -0.39 is 6.61 Å². The Morgan fingerprint density at radius 3 is 2.76 bits per heavy atom. The van der Waals surface area contributed by atoms with Crippen LogP contribution in [0.25, 0.3) is 11.5 Å². The average Bonchev–Trinajstić information content (AvgIpc) is 2.77. The summed E-state index contributed by atoms with van der Waals surface area (Å²) in [4.78, 5) is 3.94. The number of hydrogen-bond donors (Lipinski definition) is 1. The van der Waals surface area contributed by atoms with Gasteiger partial charge in [0.15, 0.2) is 5.82 Å². The third-order valence-electron chi connectivity index (χ3n) is 1.98. The molecule has 2 rings (SSSR count). The zero-order chi connectivity index (χ0) is 12.3. The molecule has 2 aromatic rings. The van der Waals surface area contributed by atoms with E-state index in [4.69, 9.17) is 10.3 Å². The van der Waals surface area contributed by atoms with Crippen molar-refractivity contribution < 1.29 is 18.0 Å². The number of hydrogen-bond acceptors (Lipinski definition) is 5. The van der Waals surface area contributed by atoms with Gasteiger partial charge in [0.2, 0.25) is 0 Å². The number of alkyl halides is 2. The van der Waals surface area contributed by atoms with Crippen LogP contribution in [-0.2, 0) is 6.54 Å². The van der Waals surface area contributed by atoms with Crippen LogP contribution in [0.1, 0.15) is 5.82 Å². The predicted octanol–water partition coefficient (Wildman–Crippen LogP) is 1.80. The van der Waals surface area contributed by atoms with Gasteiger partial charge < -0.3 is 15.0 Å². The summed E-state index contributed by atoms with van der Waals surface area (Å²) in [5, 5.41) is 3.58. The summed E-state index contributed by atoms with van der Waals surface area (Å²) >= 11 is 0. The molecule has 0 radical (unpaired) electrons. The molecule has 0 bridgehead atoms. The number of nitrogens with two attached hydrogens (primary N) is 1. The maximum Gasteiger partial charge on any atom is 0.387 e. The first-order valence-corrected chi connectivity index (χ1v) is 4.77. The molecule has 0 fully saturated rings. The molecule has 0 atom stereocenters. The number of para-hydroxylation sites is 1. The van der Waals surface area contributed by atoms with Crippen molar-refractivity contribution >= 4 is 0 Å². The lowest BCUT2D eigenvalue weighted by atomic mass is 10.2. The molecule has 90 valence electrons. The molecule has 1 heterocycles. The molecular formula is C10H9F2N3O2. The fraction of sp³-hybridized carbons (Fsp3) is 0.200. The van der Waals surface area contributed by atoms with Crippen molar-refractivity contribution in [1.29, 1.82) is 0 Å². The van der Waals surface area contributed by atoms with E-state index in [-0.39, 0.29) is 18.2 Å². The van der Waals surface area contributed by atoms with Crippen molar-refractivity contribution in [1.82, 2.24) is 10.1 Å². The van der Waals surface area contributed by atoms with Gasteiger partial charge in [-0.2, -0.15) is 13.8 Å². The van der Waals surface area contributed by atoms with Crippen molar-refractivity contribution in [2.75, 3.05) is 0 Å². The van der Waals surface area contributed by atoms with Crippen molar-refractivity contribution in [3.05, 3.63) is 30.1 Å². The maximum atomic E-state index is 12.2. The van der Waals surface area contributed by atoms with E-state index in [9.17, 15) is 8.78 Å². The molecule has 0 unspecified atom stereocenters. The number of halogens is 2. The van der Waals surface area contributed by atoms with Crippen LogP contribution in [-0.4, -0.2) is 16.8 Å². The van der Waals surface area contributed by atoms with E-state index in [1.54, 1.807) is 18.2 Å². The van der Waals surface area contributed by atoms with E-state index >= 15 is 0 Å². The van der Waals surface area contributed by atoms with Gasteiger partial charge in [0.1, 0.15) is 5.75 Å². The second-order valence-corrected chi connectivity index (χ2v) is 3.09. The van der Waals surface area contributed by atoms with Gasteiger partial charge in [-0.05, 0) is 12.1 Å². The van der Waals surface area contributed by atoms with E-state index in [0.29, 0.717) is 11.4 Å². The van der Waals surface area contributed by atoms with Gasteiger partial charge in [0.05, 0.1) is 12.1 Å². The SMILES string of the molecule is NCc1noc(-c2ccccc2OC(F)F)n1. The van der Waals surface area contributed by atoms with Crippen LogP contribution >= 0.6 is 0 Å². The van der Waals surface area contributed by atoms with Gasteiger partial charge in [-0.25, -0.2) is 0 Å². The minimum atomic E-state index is -2.91. The second-order valence-electron chi connectivity index (χ2n) is 3.09. The molecule has 0 saturated carbocycles. The van der Waals surface area contributed by atoms with Gasteiger partial charge >= 0.3 is 6.61 Å². The summed E-state index contributed by atoms with van der Waals surface area (Å²) in [6.45, 7) is -2.80. The number of ether oxygens (including phenoxy) is 1. The predicted molar refractivity (Wildman–Crippen MR) is 54.3 cm³/mol. The van der Waals surface area contributed by atoms with Crippen LogP contribution in [0.4, 0.5) is 8.78 Å². The van der Waals surface area contributed by atoms with Gasteiger partial charge in [-0.1, -0.05) is 17.3 Å². The molecular weight excluding hydrogens is 232 g/mol. The first kappa shape index (κ1) is 11.5. The fourth-order valence-corrected chi connectivity index (χ4v) is 1.29. The van der Waals surface area contributed by atoms with Crippen molar-refractivity contribution in [2.24, 2.45) is 5.73 Å². The number of aromatic nitrogens is 2. The van der Waals surface area contributed by atoms with Crippen LogP contribution in [0.2, 0.25) is 0 Å². The first-order chi connectivity index (χ1) is 8.20.